The molecule has 60 valence electrons. The molecule has 0 spiro atoms. The van der Waals surface area contributed by atoms with Gasteiger partial charge in [0.25, 0.3) is 0 Å². The normalized spacial score (nSPS) is 7.45. The fourth-order valence-corrected chi connectivity index (χ4v) is 1.04. The number of rotatable bonds is 1. The number of aromatic nitrogens is 1. The third-order valence-corrected chi connectivity index (χ3v) is 1.69. The molecule has 1 N–H and O–H groups in total. The molecule has 11 heavy (non-hydrogen) atoms. The molecule has 0 bridgehead atoms. The van der Waals surface area contributed by atoms with Crippen LogP contribution in [0.2, 0.25) is 0 Å². The molecule has 0 aliphatic heterocycles. The van der Waals surface area contributed by atoms with Gasteiger partial charge in [-0.3, -0.25) is 0 Å². The second-order valence-electron chi connectivity index (χ2n) is 1.40. The third-order valence-electron chi connectivity index (χ3n) is 0.833. The van der Waals surface area contributed by atoms with E-state index in [2.05, 4.69) is 10.3 Å². The Morgan fingerprint density at radius 3 is 2.55 bits per heavy atom. The molecule has 4 heteroatoms. The standard InChI is InChI=1S/C5H5N3S.C2H6/c1-7-5-8-4(2-6)3-9-5;1-2/h3H,1H3,(H,7,8);1-2H3. The minimum Gasteiger partial charge on any atom is -0.365 e. The Kier molecular flexibility index (Phi) is 5.13. The van der Waals surface area contributed by atoms with E-state index in [-0.39, 0.29) is 0 Å². The van der Waals surface area contributed by atoms with Gasteiger partial charge < -0.3 is 5.32 Å². The van der Waals surface area contributed by atoms with Gasteiger partial charge in [0.1, 0.15) is 6.07 Å². The molecule has 0 aromatic carbocycles. The van der Waals surface area contributed by atoms with E-state index < -0.39 is 0 Å². The van der Waals surface area contributed by atoms with Gasteiger partial charge >= 0.3 is 0 Å². The SMILES string of the molecule is CC.CNc1nc(C#N)cs1. The van der Waals surface area contributed by atoms with Crippen molar-refractivity contribution in [1.82, 2.24) is 4.98 Å². The van der Waals surface area contributed by atoms with Crippen molar-refractivity contribution in [1.29, 1.82) is 5.26 Å². The second-order valence-corrected chi connectivity index (χ2v) is 2.26. The van der Waals surface area contributed by atoms with Gasteiger partial charge in [-0.1, -0.05) is 13.8 Å². The Morgan fingerprint density at radius 1 is 1.64 bits per heavy atom. The lowest BCUT2D eigenvalue weighted by atomic mass is 10.6. The van der Waals surface area contributed by atoms with E-state index in [1.807, 2.05) is 19.9 Å². The number of nitrogens with zero attached hydrogens (tertiary/aromatic N) is 2. The molecular formula is C7H11N3S. The van der Waals surface area contributed by atoms with Crippen LogP contribution >= 0.6 is 11.3 Å². The van der Waals surface area contributed by atoms with E-state index >= 15 is 0 Å². The largest absolute Gasteiger partial charge is 0.365 e. The molecule has 1 aromatic heterocycles. The summed E-state index contributed by atoms with van der Waals surface area (Å²) in [5.74, 6) is 0. The summed E-state index contributed by atoms with van der Waals surface area (Å²) in [5, 5.41) is 13.6. The van der Waals surface area contributed by atoms with Gasteiger partial charge in [-0.2, -0.15) is 5.26 Å². The monoisotopic (exact) mass is 169 g/mol. The Bertz CT molecular complexity index is 236. The van der Waals surface area contributed by atoms with E-state index in [0.717, 1.165) is 5.13 Å². The minimum absolute atomic E-state index is 0.476. The molecule has 0 aliphatic carbocycles. The van der Waals surface area contributed by atoms with Crippen molar-refractivity contribution in [3.63, 3.8) is 0 Å². The number of hydrogen-bond acceptors (Lipinski definition) is 4. The van der Waals surface area contributed by atoms with Crippen LogP contribution in [0.5, 0.6) is 0 Å². The summed E-state index contributed by atoms with van der Waals surface area (Å²) in [6.45, 7) is 4.00. The molecule has 0 amide bonds. The molecule has 3 nitrogen and oxygen atoms in total. The first-order valence-corrected chi connectivity index (χ1v) is 4.28. The lowest BCUT2D eigenvalue weighted by Gasteiger charge is -1.84. The maximum atomic E-state index is 8.31. The molecular weight excluding hydrogens is 158 g/mol. The molecule has 1 rings (SSSR count). The average Bonchev–Trinajstić information content (AvgIpc) is 2.55. The summed E-state index contributed by atoms with van der Waals surface area (Å²) in [6.07, 6.45) is 0. The predicted octanol–water partition coefficient (Wildman–Crippen LogP) is 2.08. The van der Waals surface area contributed by atoms with Gasteiger partial charge in [-0.25, -0.2) is 4.98 Å². The zero-order chi connectivity index (χ0) is 8.69. The molecule has 0 atom stereocenters. The molecule has 0 aliphatic rings. The fourth-order valence-electron chi connectivity index (χ4n) is 0.440. The fraction of sp³-hybridized carbons (Fsp3) is 0.429. The van der Waals surface area contributed by atoms with Gasteiger partial charge in [-0.05, 0) is 0 Å². The highest BCUT2D eigenvalue weighted by Gasteiger charge is 1.95. The predicted molar refractivity (Wildman–Crippen MR) is 47.7 cm³/mol. The van der Waals surface area contributed by atoms with Crippen LogP contribution in [-0.4, -0.2) is 12.0 Å². The zero-order valence-electron chi connectivity index (χ0n) is 6.88. The topological polar surface area (TPSA) is 48.7 Å². The van der Waals surface area contributed by atoms with Crippen molar-refractivity contribution >= 4 is 16.5 Å². The van der Waals surface area contributed by atoms with Crippen molar-refractivity contribution in [3.8, 4) is 6.07 Å². The van der Waals surface area contributed by atoms with E-state index in [1.165, 1.54) is 11.3 Å². The number of hydrogen-bond donors (Lipinski definition) is 1. The smallest absolute Gasteiger partial charge is 0.183 e. The zero-order valence-corrected chi connectivity index (χ0v) is 7.70. The number of anilines is 1. The Balaban J connectivity index is 0.000000461. The number of thiazole rings is 1. The van der Waals surface area contributed by atoms with Crippen LogP contribution in [-0.2, 0) is 0 Å². The summed E-state index contributed by atoms with van der Waals surface area (Å²) in [7, 11) is 1.78. The van der Waals surface area contributed by atoms with Gasteiger partial charge in [-0.15, -0.1) is 11.3 Å². The van der Waals surface area contributed by atoms with Crippen molar-refractivity contribution in [2.45, 2.75) is 13.8 Å². The van der Waals surface area contributed by atoms with E-state index in [1.54, 1.807) is 12.4 Å². The van der Waals surface area contributed by atoms with Crippen molar-refractivity contribution in [3.05, 3.63) is 11.1 Å². The van der Waals surface area contributed by atoms with Crippen LogP contribution in [0.1, 0.15) is 19.5 Å². The Labute approximate surface area is 70.7 Å². The summed E-state index contributed by atoms with van der Waals surface area (Å²) < 4.78 is 0. The molecule has 0 fully saturated rings. The molecule has 0 saturated carbocycles. The van der Waals surface area contributed by atoms with E-state index in [4.69, 9.17) is 5.26 Å². The minimum atomic E-state index is 0.476. The molecule has 0 saturated heterocycles. The first kappa shape index (κ1) is 9.92. The highest BCUT2D eigenvalue weighted by atomic mass is 32.1. The lowest BCUT2D eigenvalue weighted by molar-refractivity contribution is 1.31. The maximum absolute atomic E-state index is 8.31. The third kappa shape index (κ3) is 3.01. The van der Waals surface area contributed by atoms with E-state index in [0.29, 0.717) is 5.69 Å². The summed E-state index contributed by atoms with van der Waals surface area (Å²) in [6, 6.07) is 1.94. The molecule has 1 aromatic rings. The van der Waals surface area contributed by atoms with Gasteiger partial charge in [0, 0.05) is 12.4 Å². The highest BCUT2D eigenvalue weighted by Crippen LogP contribution is 2.12. The number of nitriles is 1. The van der Waals surface area contributed by atoms with Gasteiger partial charge in [0.2, 0.25) is 0 Å². The van der Waals surface area contributed by atoms with Crippen LogP contribution in [0, 0.1) is 11.3 Å². The second kappa shape index (κ2) is 5.69. The Morgan fingerprint density at radius 2 is 2.27 bits per heavy atom. The highest BCUT2D eigenvalue weighted by molar-refractivity contribution is 7.13. The van der Waals surface area contributed by atoms with E-state index in [9.17, 15) is 0 Å². The van der Waals surface area contributed by atoms with Crippen molar-refractivity contribution in [2.24, 2.45) is 0 Å². The van der Waals surface area contributed by atoms with Crippen LogP contribution in [0.3, 0.4) is 0 Å². The van der Waals surface area contributed by atoms with Gasteiger partial charge in [0.05, 0.1) is 0 Å². The summed E-state index contributed by atoms with van der Waals surface area (Å²) >= 11 is 1.43. The van der Waals surface area contributed by atoms with Crippen LogP contribution in [0.25, 0.3) is 0 Å². The average molecular weight is 169 g/mol. The first-order chi connectivity index (χ1) is 5.36. The quantitative estimate of drug-likeness (QED) is 0.700. The van der Waals surface area contributed by atoms with Crippen LogP contribution < -0.4 is 5.32 Å². The van der Waals surface area contributed by atoms with Crippen LogP contribution in [0.4, 0.5) is 5.13 Å². The van der Waals surface area contributed by atoms with Crippen LogP contribution in [0.15, 0.2) is 5.38 Å². The molecule has 0 unspecified atom stereocenters. The first-order valence-electron chi connectivity index (χ1n) is 3.40. The van der Waals surface area contributed by atoms with Crippen molar-refractivity contribution < 1.29 is 0 Å². The molecule has 0 radical (unpaired) electrons. The molecule has 1 heterocycles. The maximum Gasteiger partial charge on any atom is 0.183 e. The lowest BCUT2D eigenvalue weighted by Crippen LogP contribution is -1.85. The van der Waals surface area contributed by atoms with Crippen molar-refractivity contribution in [2.75, 3.05) is 12.4 Å². The number of nitrogens with one attached hydrogen (secondary N) is 1. The Hall–Kier alpha value is -1.08. The summed E-state index contributed by atoms with van der Waals surface area (Å²) in [4.78, 5) is 3.89. The summed E-state index contributed by atoms with van der Waals surface area (Å²) in [5.41, 5.74) is 0.476. The van der Waals surface area contributed by atoms with Gasteiger partial charge in [0.15, 0.2) is 10.8 Å².